The van der Waals surface area contributed by atoms with Crippen LogP contribution in [0.15, 0.2) is 67.0 Å². The zero-order valence-electron chi connectivity index (χ0n) is 20.8. The molecule has 3 heterocycles. The third kappa shape index (κ3) is 4.33. The molecule has 2 atom stereocenters. The number of hydrogen-bond acceptors (Lipinski definition) is 3. The van der Waals surface area contributed by atoms with Crippen LogP contribution in [-0.2, 0) is 13.0 Å². The summed E-state index contributed by atoms with van der Waals surface area (Å²) in [4.78, 5) is 17.9. The van der Waals surface area contributed by atoms with E-state index in [-0.39, 0.29) is 11.9 Å². The molecular weight excluding hydrogens is 430 g/mol. The average molecular weight is 468 g/mol. The number of piperidine rings is 2. The van der Waals surface area contributed by atoms with Gasteiger partial charge < -0.3 is 15.1 Å². The van der Waals surface area contributed by atoms with Gasteiger partial charge in [-0.15, -0.1) is 0 Å². The fraction of sp³-hybridized carbons (Fsp3) is 0.452. The fourth-order valence-corrected chi connectivity index (χ4v) is 6.88. The van der Waals surface area contributed by atoms with Gasteiger partial charge in [0.05, 0.1) is 6.04 Å². The average Bonchev–Trinajstić information content (AvgIpc) is 3.20. The molecule has 0 bridgehead atoms. The maximum atomic E-state index is 13.2. The van der Waals surface area contributed by atoms with E-state index < -0.39 is 0 Å². The molecule has 2 unspecified atom stereocenters. The topological polar surface area (TPSA) is 35.6 Å². The van der Waals surface area contributed by atoms with Crippen LogP contribution in [0.3, 0.4) is 0 Å². The van der Waals surface area contributed by atoms with Crippen LogP contribution in [0.2, 0.25) is 0 Å². The summed E-state index contributed by atoms with van der Waals surface area (Å²) in [5.74, 6) is 1.43. The van der Waals surface area contributed by atoms with Gasteiger partial charge in [-0.05, 0) is 98.2 Å². The summed E-state index contributed by atoms with van der Waals surface area (Å²) in [5.41, 5.74) is 8.53. The molecule has 0 spiro atoms. The molecule has 4 nitrogen and oxygen atoms in total. The highest BCUT2D eigenvalue weighted by Crippen LogP contribution is 2.37. The van der Waals surface area contributed by atoms with Crippen molar-refractivity contribution in [3.8, 4) is 0 Å². The van der Waals surface area contributed by atoms with Crippen LogP contribution in [0, 0.1) is 0 Å². The van der Waals surface area contributed by atoms with Crippen molar-refractivity contribution < 1.29 is 4.79 Å². The zero-order valence-corrected chi connectivity index (χ0v) is 20.8. The molecular formula is C31H37N3O. The number of fused-ring (bicyclic) bond motifs is 2. The fourth-order valence-electron chi connectivity index (χ4n) is 6.88. The largest absolute Gasteiger partial charge is 0.362 e. The molecule has 4 aliphatic rings. The molecule has 6 rings (SSSR count). The highest BCUT2D eigenvalue weighted by molar-refractivity contribution is 5.98. The molecule has 0 radical (unpaired) electrons. The van der Waals surface area contributed by atoms with E-state index in [0.717, 1.165) is 29.8 Å². The van der Waals surface area contributed by atoms with E-state index in [1.165, 1.54) is 62.9 Å². The molecule has 3 aliphatic heterocycles. The normalized spacial score (nSPS) is 25.4. The molecule has 4 heteroatoms. The van der Waals surface area contributed by atoms with E-state index in [1.54, 1.807) is 11.1 Å². The van der Waals surface area contributed by atoms with Gasteiger partial charge in [0.2, 0.25) is 0 Å². The number of allylic oxidation sites excluding steroid dienone is 1. The quantitative estimate of drug-likeness (QED) is 0.625. The van der Waals surface area contributed by atoms with Gasteiger partial charge >= 0.3 is 0 Å². The summed E-state index contributed by atoms with van der Waals surface area (Å²) in [6.07, 6.45) is 8.09. The van der Waals surface area contributed by atoms with E-state index >= 15 is 0 Å². The number of hydrogen-bond donors (Lipinski definition) is 1. The highest BCUT2D eigenvalue weighted by Gasteiger charge is 2.36. The standard InChI is InChI=1S/C31H37N3O/c1-21-10-13-30(22(2)32-21)34-20-27-18-25(11-12-29(27)31(34)35)23-14-16-33(17-15-23)19-26-8-5-7-24-6-3-4-9-28(24)26/h3-4,6,9,11-12,18,23,26,30,32H,1-2,5,7-8,10,13-17,19-20H2. The Morgan fingerprint density at radius 3 is 2.60 bits per heavy atom. The summed E-state index contributed by atoms with van der Waals surface area (Å²) in [6, 6.07) is 15.8. The van der Waals surface area contributed by atoms with E-state index in [0.29, 0.717) is 18.4 Å². The maximum absolute atomic E-state index is 13.2. The number of likely N-dealkylation sites (tertiary alicyclic amines) is 1. The van der Waals surface area contributed by atoms with Crippen molar-refractivity contribution in [2.75, 3.05) is 19.6 Å². The first-order valence-corrected chi connectivity index (χ1v) is 13.4. The van der Waals surface area contributed by atoms with Gasteiger partial charge in [0.1, 0.15) is 0 Å². The first-order valence-electron chi connectivity index (χ1n) is 13.4. The second-order valence-corrected chi connectivity index (χ2v) is 11.0. The van der Waals surface area contributed by atoms with E-state index in [1.807, 2.05) is 4.90 Å². The summed E-state index contributed by atoms with van der Waals surface area (Å²) in [6.45, 7) is 12.4. The van der Waals surface area contributed by atoms with Crippen molar-refractivity contribution in [3.63, 3.8) is 0 Å². The number of nitrogens with zero attached hydrogens (tertiary/aromatic N) is 2. The molecule has 2 saturated heterocycles. The first kappa shape index (κ1) is 22.6. The minimum Gasteiger partial charge on any atom is -0.362 e. The number of amides is 1. The number of rotatable bonds is 4. The third-order valence-corrected chi connectivity index (χ3v) is 8.83. The van der Waals surface area contributed by atoms with E-state index in [4.69, 9.17) is 0 Å². The third-order valence-electron chi connectivity index (χ3n) is 8.83. The molecule has 2 fully saturated rings. The predicted molar refractivity (Wildman–Crippen MR) is 141 cm³/mol. The molecule has 0 aromatic heterocycles. The van der Waals surface area contributed by atoms with Gasteiger partial charge in [0, 0.05) is 30.0 Å². The smallest absolute Gasteiger partial charge is 0.255 e. The van der Waals surface area contributed by atoms with Gasteiger partial charge in [-0.25, -0.2) is 0 Å². The van der Waals surface area contributed by atoms with Crippen molar-refractivity contribution >= 4 is 5.91 Å². The number of nitrogens with one attached hydrogen (secondary N) is 1. The van der Waals surface area contributed by atoms with Crippen LogP contribution in [0.1, 0.15) is 83.0 Å². The second-order valence-electron chi connectivity index (χ2n) is 11.0. The molecule has 1 N–H and O–H groups in total. The lowest BCUT2D eigenvalue weighted by molar-refractivity contribution is 0.0711. The zero-order chi connectivity index (χ0) is 23.9. The highest BCUT2D eigenvalue weighted by atomic mass is 16.2. The number of carbonyl (C=O) groups excluding carboxylic acids is 1. The lowest BCUT2D eigenvalue weighted by Gasteiger charge is -2.36. The van der Waals surface area contributed by atoms with Crippen LogP contribution < -0.4 is 5.32 Å². The Kier molecular flexibility index (Phi) is 6.01. The number of carbonyl (C=O) groups is 1. The number of aryl methyl sites for hydroxylation is 1. The first-order chi connectivity index (χ1) is 17.1. The van der Waals surface area contributed by atoms with Crippen molar-refractivity contribution in [2.24, 2.45) is 0 Å². The molecule has 1 amide bonds. The molecule has 0 saturated carbocycles. The van der Waals surface area contributed by atoms with E-state index in [9.17, 15) is 4.79 Å². The Hall–Kier alpha value is -2.85. The van der Waals surface area contributed by atoms with Crippen molar-refractivity contribution in [1.82, 2.24) is 15.1 Å². The minimum atomic E-state index is 0.0528. The second kappa shape index (κ2) is 9.31. The molecule has 1 aliphatic carbocycles. The summed E-state index contributed by atoms with van der Waals surface area (Å²) < 4.78 is 0. The summed E-state index contributed by atoms with van der Waals surface area (Å²) in [5, 5.41) is 3.27. The van der Waals surface area contributed by atoms with Crippen molar-refractivity contribution in [3.05, 3.63) is 94.8 Å². The van der Waals surface area contributed by atoms with Crippen molar-refractivity contribution in [1.29, 1.82) is 0 Å². The van der Waals surface area contributed by atoms with Crippen LogP contribution in [0.4, 0.5) is 0 Å². The Morgan fingerprint density at radius 2 is 1.77 bits per heavy atom. The molecule has 2 aromatic carbocycles. The Bertz CT molecular complexity index is 1160. The Labute approximate surface area is 209 Å². The monoisotopic (exact) mass is 467 g/mol. The van der Waals surface area contributed by atoms with Crippen LogP contribution in [-0.4, -0.2) is 41.4 Å². The summed E-state index contributed by atoms with van der Waals surface area (Å²) >= 11 is 0. The van der Waals surface area contributed by atoms with E-state index in [2.05, 4.69) is 65.8 Å². The lowest BCUT2D eigenvalue weighted by Crippen LogP contribution is -2.43. The Balaban J connectivity index is 1.09. The van der Waals surface area contributed by atoms with Crippen LogP contribution in [0.25, 0.3) is 0 Å². The van der Waals surface area contributed by atoms with Crippen LogP contribution in [0.5, 0.6) is 0 Å². The van der Waals surface area contributed by atoms with Crippen LogP contribution >= 0.6 is 0 Å². The molecule has 182 valence electrons. The van der Waals surface area contributed by atoms with Gasteiger partial charge in [0.15, 0.2) is 0 Å². The predicted octanol–water partition coefficient (Wildman–Crippen LogP) is 5.72. The van der Waals surface area contributed by atoms with Crippen molar-refractivity contribution in [2.45, 2.75) is 69.4 Å². The molecule has 2 aromatic rings. The number of benzene rings is 2. The van der Waals surface area contributed by atoms with Gasteiger partial charge in [-0.3, -0.25) is 4.79 Å². The SMILES string of the molecule is C=C1CCC(N2Cc3cc(C4CCN(CC5CCCc6ccccc65)CC4)ccc3C2=O)C(=C)N1. The Morgan fingerprint density at radius 1 is 0.943 bits per heavy atom. The molecule has 35 heavy (non-hydrogen) atoms. The lowest BCUT2D eigenvalue weighted by atomic mass is 9.82. The van der Waals surface area contributed by atoms with Gasteiger partial charge in [0.25, 0.3) is 5.91 Å². The van der Waals surface area contributed by atoms with Gasteiger partial charge in [-0.1, -0.05) is 49.6 Å². The maximum Gasteiger partial charge on any atom is 0.255 e. The summed E-state index contributed by atoms with van der Waals surface area (Å²) in [7, 11) is 0. The van der Waals surface area contributed by atoms with Gasteiger partial charge in [-0.2, -0.15) is 0 Å². The minimum absolute atomic E-state index is 0.0528.